The van der Waals surface area contributed by atoms with Crippen LogP contribution in [0.4, 0.5) is 5.69 Å². The second kappa shape index (κ2) is 7.75. The van der Waals surface area contributed by atoms with Crippen LogP contribution in [-0.2, 0) is 0 Å². The van der Waals surface area contributed by atoms with Gasteiger partial charge in [-0.3, -0.25) is 4.79 Å². The highest BCUT2D eigenvalue weighted by atomic mass is 35.5. The number of carbonyl (C=O) groups excluding carboxylic acids is 1. The average molecular weight is 349 g/mol. The van der Waals surface area contributed by atoms with Crippen molar-refractivity contribution in [2.75, 3.05) is 23.8 Å². The fourth-order valence-corrected chi connectivity index (χ4v) is 3.84. The Kier molecular flexibility index (Phi) is 5.97. The zero-order chi connectivity index (χ0) is 15.5. The average Bonchev–Trinajstić information content (AvgIpc) is 2.55. The van der Waals surface area contributed by atoms with Gasteiger partial charge in [0, 0.05) is 29.3 Å². The molecule has 0 radical (unpaired) electrons. The second-order valence-electron chi connectivity index (χ2n) is 5.63. The summed E-state index contributed by atoms with van der Waals surface area (Å²) in [6, 6.07) is 15.9. The number of thioether (sulfide) groups is 1. The number of nitrogens with zero attached hydrogens (tertiary/aromatic N) is 1. The molecule has 2 aromatic rings. The SMILES string of the molecule is Cc1ccc(C2CSCCN2C(=O)c2cccc(N)c2)cc1.Cl. The van der Waals surface area contributed by atoms with Gasteiger partial charge in [0.05, 0.1) is 6.04 Å². The van der Waals surface area contributed by atoms with E-state index >= 15 is 0 Å². The first-order valence-corrected chi connectivity index (χ1v) is 8.61. The lowest BCUT2D eigenvalue weighted by Gasteiger charge is -2.36. The summed E-state index contributed by atoms with van der Waals surface area (Å²) in [7, 11) is 0. The second-order valence-corrected chi connectivity index (χ2v) is 6.78. The van der Waals surface area contributed by atoms with Crippen molar-refractivity contribution in [1.82, 2.24) is 4.90 Å². The third-order valence-electron chi connectivity index (χ3n) is 3.99. The van der Waals surface area contributed by atoms with E-state index in [1.54, 1.807) is 12.1 Å². The quantitative estimate of drug-likeness (QED) is 0.836. The zero-order valence-corrected chi connectivity index (χ0v) is 14.7. The number of benzene rings is 2. The van der Waals surface area contributed by atoms with Gasteiger partial charge in [0.25, 0.3) is 5.91 Å². The van der Waals surface area contributed by atoms with Gasteiger partial charge in [-0.25, -0.2) is 0 Å². The van der Waals surface area contributed by atoms with Crippen LogP contribution in [0.1, 0.15) is 27.5 Å². The Bertz CT molecular complexity index is 675. The zero-order valence-electron chi connectivity index (χ0n) is 13.1. The van der Waals surface area contributed by atoms with E-state index in [2.05, 4.69) is 31.2 Å². The molecular weight excluding hydrogens is 328 g/mol. The number of nitrogens with two attached hydrogens (primary N) is 1. The Morgan fingerprint density at radius 1 is 1.22 bits per heavy atom. The number of carbonyl (C=O) groups is 1. The van der Waals surface area contributed by atoms with Crippen LogP contribution >= 0.6 is 24.2 Å². The maximum absolute atomic E-state index is 12.9. The Balaban J connectivity index is 0.00000192. The topological polar surface area (TPSA) is 46.3 Å². The van der Waals surface area contributed by atoms with E-state index in [-0.39, 0.29) is 24.4 Å². The molecule has 3 nitrogen and oxygen atoms in total. The standard InChI is InChI=1S/C18H20N2OS.ClH/c1-13-5-7-14(8-6-13)17-12-22-10-9-20(17)18(21)15-3-2-4-16(19)11-15;/h2-8,11,17H,9-10,12,19H2,1H3;1H. The number of hydrogen-bond acceptors (Lipinski definition) is 3. The van der Waals surface area contributed by atoms with Crippen molar-refractivity contribution in [2.45, 2.75) is 13.0 Å². The molecule has 23 heavy (non-hydrogen) atoms. The van der Waals surface area contributed by atoms with Gasteiger partial charge in [0.2, 0.25) is 0 Å². The maximum atomic E-state index is 12.9. The lowest BCUT2D eigenvalue weighted by molar-refractivity contribution is 0.0701. The summed E-state index contributed by atoms with van der Waals surface area (Å²) in [5.74, 6) is 1.99. The van der Waals surface area contributed by atoms with Crippen LogP contribution in [0.25, 0.3) is 0 Å². The highest BCUT2D eigenvalue weighted by Crippen LogP contribution is 2.31. The minimum absolute atomic E-state index is 0. The first kappa shape index (κ1) is 17.7. The van der Waals surface area contributed by atoms with E-state index in [0.29, 0.717) is 11.3 Å². The summed E-state index contributed by atoms with van der Waals surface area (Å²) >= 11 is 1.90. The van der Waals surface area contributed by atoms with Crippen LogP contribution in [0.5, 0.6) is 0 Å². The van der Waals surface area contributed by atoms with Crippen LogP contribution in [0, 0.1) is 6.92 Å². The predicted molar refractivity (Wildman–Crippen MR) is 100 cm³/mol. The van der Waals surface area contributed by atoms with E-state index in [1.165, 1.54) is 11.1 Å². The Morgan fingerprint density at radius 3 is 2.65 bits per heavy atom. The van der Waals surface area contributed by atoms with Crippen molar-refractivity contribution < 1.29 is 4.79 Å². The number of amides is 1. The van der Waals surface area contributed by atoms with Crippen LogP contribution in [0.2, 0.25) is 0 Å². The molecule has 1 heterocycles. The summed E-state index contributed by atoms with van der Waals surface area (Å²) in [6.45, 7) is 2.85. The molecule has 1 amide bonds. The Morgan fingerprint density at radius 2 is 1.96 bits per heavy atom. The third kappa shape index (κ3) is 4.01. The van der Waals surface area contributed by atoms with Gasteiger partial charge in [0.15, 0.2) is 0 Å². The summed E-state index contributed by atoms with van der Waals surface area (Å²) in [5, 5.41) is 0. The summed E-state index contributed by atoms with van der Waals surface area (Å²) in [4.78, 5) is 14.8. The largest absolute Gasteiger partial charge is 0.399 e. The monoisotopic (exact) mass is 348 g/mol. The van der Waals surface area contributed by atoms with E-state index < -0.39 is 0 Å². The summed E-state index contributed by atoms with van der Waals surface area (Å²) < 4.78 is 0. The Hall–Kier alpha value is -1.65. The highest BCUT2D eigenvalue weighted by molar-refractivity contribution is 7.99. The van der Waals surface area contributed by atoms with Crippen LogP contribution < -0.4 is 5.73 Å². The Labute approximate surface area is 147 Å². The maximum Gasteiger partial charge on any atom is 0.254 e. The molecule has 122 valence electrons. The normalized spacial score (nSPS) is 17.4. The molecule has 1 saturated heterocycles. The molecular formula is C18H21ClN2OS. The van der Waals surface area contributed by atoms with Gasteiger partial charge in [-0.05, 0) is 30.7 Å². The molecule has 0 aliphatic carbocycles. The minimum atomic E-state index is 0. The van der Waals surface area contributed by atoms with Crippen molar-refractivity contribution in [3.63, 3.8) is 0 Å². The van der Waals surface area contributed by atoms with E-state index in [9.17, 15) is 4.79 Å². The van der Waals surface area contributed by atoms with E-state index in [4.69, 9.17) is 5.73 Å². The molecule has 2 N–H and O–H groups in total. The van der Waals surface area contributed by atoms with E-state index in [1.807, 2.05) is 28.8 Å². The number of hydrogen-bond donors (Lipinski definition) is 1. The third-order valence-corrected chi connectivity index (χ3v) is 5.01. The molecule has 0 bridgehead atoms. The number of nitrogen functional groups attached to an aromatic ring is 1. The van der Waals surface area contributed by atoms with E-state index in [0.717, 1.165) is 18.1 Å². The molecule has 0 saturated carbocycles. The summed E-state index contributed by atoms with van der Waals surface area (Å²) in [5.41, 5.74) is 9.55. The van der Waals surface area contributed by atoms with Gasteiger partial charge >= 0.3 is 0 Å². The van der Waals surface area contributed by atoms with Crippen LogP contribution in [-0.4, -0.2) is 28.9 Å². The van der Waals surface area contributed by atoms with Crippen molar-refractivity contribution in [3.05, 3.63) is 65.2 Å². The molecule has 3 rings (SSSR count). The van der Waals surface area contributed by atoms with Gasteiger partial charge in [0.1, 0.15) is 0 Å². The smallest absolute Gasteiger partial charge is 0.254 e. The molecule has 0 aromatic heterocycles. The van der Waals surface area contributed by atoms with Gasteiger partial charge in [-0.15, -0.1) is 12.4 Å². The van der Waals surface area contributed by atoms with Crippen molar-refractivity contribution >= 4 is 35.8 Å². The fraction of sp³-hybridized carbons (Fsp3) is 0.278. The van der Waals surface area contributed by atoms with Crippen molar-refractivity contribution in [3.8, 4) is 0 Å². The van der Waals surface area contributed by atoms with Gasteiger partial charge in [-0.1, -0.05) is 35.9 Å². The predicted octanol–water partition coefficient (Wildman–Crippen LogP) is 3.93. The van der Waals surface area contributed by atoms with Crippen molar-refractivity contribution in [2.24, 2.45) is 0 Å². The molecule has 1 unspecified atom stereocenters. The lowest BCUT2D eigenvalue weighted by Crippen LogP contribution is -2.40. The van der Waals surface area contributed by atoms with Crippen LogP contribution in [0.3, 0.4) is 0 Å². The number of anilines is 1. The highest BCUT2D eigenvalue weighted by Gasteiger charge is 2.29. The molecule has 1 aliphatic rings. The van der Waals surface area contributed by atoms with Gasteiger partial charge in [-0.2, -0.15) is 11.8 Å². The number of aryl methyl sites for hydroxylation is 1. The van der Waals surface area contributed by atoms with Crippen LogP contribution in [0.15, 0.2) is 48.5 Å². The van der Waals surface area contributed by atoms with Crippen molar-refractivity contribution in [1.29, 1.82) is 0 Å². The molecule has 1 fully saturated rings. The molecule has 2 aromatic carbocycles. The number of halogens is 1. The first-order chi connectivity index (χ1) is 10.6. The molecule has 5 heteroatoms. The van der Waals surface area contributed by atoms with Gasteiger partial charge < -0.3 is 10.6 Å². The molecule has 0 spiro atoms. The summed E-state index contributed by atoms with van der Waals surface area (Å²) in [6.07, 6.45) is 0. The molecule has 1 aliphatic heterocycles. The lowest BCUT2D eigenvalue weighted by atomic mass is 10.0. The minimum Gasteiger partial charge on any atom is -0.399 e. The molecule has 1 atom stereocenters. The first-order valence-electron chi connectivity index (χ1n) is 7.46. The number of rotatable bonds is 2. The fourth-order valence-electron chi connectivity index (χ4n) is 2.75.